The highest BCUT2D eigenvalue weighted by Crippen LogP contribution is 2.31. The number of amides is 2. The van der Waals surface area contributed by atoms with Crippen LogP contribution in [0.15, 0.2) is 35.7 Å². The Morgan fingerprint density at radius 1 is 1.02 bits per heavy atom. The van der Waals surface area contributed by atoms with Crippen molar-refractivity contribution >= 4 is 35.1 Å². The predicted octanol–water partition coefficient (Wildman–Crippen LogP) is 5.99. The van der Waals surface area contributed by atoms with Crippen molar-refractivity contribution in [3.8, 4) is 0 Å². The fourth-order valence-electron chi connectivity index (χ4n) is 4.97. The summed E-state index contributed by atoms with van der Waals surface area (Å²) in [5.41, 5.74) is 1.24. The second-order valence-electron chi connectivity index (χ2n) is 11.7. The van der Waals surface area contributed by atoms with E-state index in [-0.39, 0.29) is 47.4 Å². The molecule has 43 heavy (non-hydrogen) atoms. The van der Waals surface area contributed by atoms with Crippen LogP contribution in [0.4, 0.5) is 0 Å². The van der Waals surface area contributed by atoms with Crippen molar-refractivity contribution in [2.24, 2.45) is 17.8 Å². The number of aromatic nitrogens is 1. The molecule has 2 aromatic rings. The van der Waals surface area contributed by atoms with Gasteiger partial charge in [0.15, 0.2) is 6.10 Å². The maximum Gasteiger partial charge on any atom is 0.308 e. The average molecular weight is 616 g/mol. The smallest absolute Gasteiger partial charge is 0.308 e. The first-order valence-corrected chi connectivity index (χ1v) is 16.1. The van der Waals surface area contributed by atoms with Gasteiger partial charge < -0.3 is 19.7 Å². The fourth-order valence-corrected chi connectivity index (χ4v) is 5.81. The lowest BCUT2D eigenvalue weighted by atomic mass is 9.95. The van der Waals surface area contributed by atoms with Crippen LogP contribution in [-0.2, 0) is 30.3 Å². The van der Waals surface area contributed by atoms with Crippen molar-refractivity contribution in [2.45, 2.75) is 98.8 Å². The van der Waals surface area contributed by atoms with E-state index in [0.29, 0.717) is 37.3 Å². The van der Waals surface area contributed by atoms with E-state index in [2.05, 4.69) is 24.1 Å². The molecule has 0 saturated heterocycles. The zero-order chi connectivity index (χ0) is 32.1. The van der Waals surface area contributed by atoms with Gasteiger partial charge in [-0.3, -0.25) is 19.2 Å². The lowest BCUT2D eigenvalue weighted by Crippen LogP contribution is -2.42. The molecule has 10 heteroatoms. The van der Waals surface area contributed by atoms with Gasteiger partial charge in [-0.15, -0.1) is 11.3 Å². The molecule has 0 unspecified atom stereocenters. The lowest BCUT2D eigenvalue weighted by molar-refractivity contribution is -0.149. The molecule has 9 nitrogen and oxygen atoms in total. The van der Waals surface area contributed by atoms with Gasteiger partial charge in [-0.1, -0.05) is 71.4 Å². The number of thiazole rings is 1. The molecule has 238 valence electrons. The Morgan fingerprint density at radius 2 is 1.70 bits per heavy atom. The van der Waals surface area contributed by atoms with Crippen molar-refractivity contribution < 1.29 is 28.7 Å². The van der Waals surface area contributed by atoms with E-state index in [4.69, 9.17) is 9.47 Å². The quantitative estimate of drug-likeness (QED) is 0.218. The molecule has 5 atom stereocenters. The molecule has 0 fully saturated rings. The lowest BCUT2D eigenvalue weighted by Gasteiger charge is -2.34. The molecule has 0 bridgehead atoms. The van der Waals surface area contributed by atoms with Crippen molar-refractivity contribution in [1.82, 2.24) is 15.2 Å². The molecule has 0 aliphatic rings. The minimum Gasteiger partial charge on any atom is -0.466 e. The first-order chi connectivity index (χ1) is 20.4. The van der Waals surface area contributed by atoms with E-state index in [1.165, 1.54) is 18.3 Å². The number of carbonyl (C=O) groups excluding carboxylic acids is 4. The van der Waals surface area contributed by atoms with E-state index in [1.807, 2.05) is 44.2 Å². The maximum absolute atomic E-state index is 13.4. The third kappa shape index (κ3) is 11.7. The Balaban J connectivity index is 2.25. The Labute approximate surface area is 260 Å². The molecule has 1 aromatic heterocycles. The molecule has 0 spiro atoms. The highest BCUT2D eigenvalue weighted by Gasteiger charge is 2.31. The zero-order valence-corrected chi connectivity index (χ0v) is 27.7. The van der Waals surface area contributed by atoms with Gasteiger partial charge in [0.05, 0.1) is 12.5 Å². The van der Waals surface area contributed by atoms with Crippen LogP contribution in [0.25, 0.3) is 0 Å². The van der Waals surface area contributed by atoms with Gasteiger partial charge in [-0.25, -0.2) is 4.98 Å². The summed E-state index contributed by atoms with van der Waals surface area (Å²) in [6, 6.07) is 9.23. The number of rotatable bonds is 17. The van der Waals surface area contributed by atoms with Gasteiger partial charge in [0.25, 0.3) is 5.91 Å². The number of hydrogen-bond donors (Lipinski definition) is 1. The molecule has 0 aliphatic carbocycles. The number of hydrogen-bond acceptors (Lipinski definition) is 8. The third-order valence-electron chi connectivity index (χ3n) is 7.66. The van der Waals surface area contributed by atoms with Gasteiger partial charge in [-0.05, 0) is 37.2 Å². The Hall–Kier alpha value is -3.27. The van der Waals surface area contributed by atoms with Gasteiger partial charge in [0.1, 0.15) is 10.7 Å². The van der Waals surface area contributed by atoms with Crippen LogP contribution in [0, 0.1) is 17.8 Å². The van der Waals surface area contributed by atoms with Crippen molar-refractivity contribution in [3.05, 3.63) is 52.0 Å². The van der Waals surface area contributed by atoms with Crippen LogP contribution >= 0.6 is 11.3 Å². The SMILES string of the molecule is CCOC(=O)[C@@H](C)C[C@H](Cc1ccccc1)NC(=O)c1csc([C@@H](C[C@H](C(C)C)N(C)C(=O)C[C@@H](C)CC)OC(C)=O)n1. The second-order valence-corrected chi connectivity index (χ2v) is 12.6. The summed E-state index contributed by atoms with van der Waals surface area (Å²) in [6.07, 6.45) is 1.96. The Morgan fingerprint density at radius 3 is 2.28 bits per heavy atom. The van der Waals surface area contributed by atoms with Crippen LogP contribution in [0.1, 0.15) is 101 Å². The maximum atomic E-state index is 13.4. The topological polar surface area (TPSA) is 115 Å². The molecule has 0 aliphatic heterocycles. The van der Waals surface area contributed by atoms with Gasteiger partial charge >= 0.3 is 11.9 Å². The third-order valence-corrected chi connectivity index (χ3v) is 8.60. The summed E-state index contributed by atoms with van der Waals surface area (Å²) >= 11 is 1.25. The van der Waals surface area contributed by atoms with Gasteiger partial charge in [0, 0.05) is 44.3 Å². The van der Waals surface area contributed by atoms with Crippen LogP contribution < -0.4 is 5.32 Å². The average Bonchev–Trinajstić information content (AvgIpc) is 3.45. The summed E-state index contributed by atoms with van der Waals surface area (Å²) in [5, 5.41) is 5.20. The van der Waals surface area contributed by atoms with E-state index in [0.717, 1.165) is 12.0 Å². The minimum absolute atomic E-state index is 0.0512. The van der Waals surface area contributed by atoms with Crippen LogP contribution in [0.3, 0.4) is 0 Å². The van der Waals surface area contributed by atoms with Crippen molar-refractivity contribution in [3.63, 3.8) is 0 Å². The van der Waals surface area contributed by atoms with Gasteiger partial charge in [0.2, 0.25) is 5.91 Å². The minimum atomic E-state index is -0.709. The van der Waals surface area contributed by atoms with Crippen LogP contribution in [0.5, 0.6) is 0 Å². The molecule has 2 rings (SSSR count). The van der Waals surface area contributed by atoms with Gasteiger partial charge in [-0.2, -0.15) is 0 Å². The van der Waals surface area contributed by atoms with Crippen LogP contribution in [-0.4, -0.2) is 59.4 Å². The molecule has 0 radical (unpaired) electrons. The fraction of sp³-hybridized carbons (Fsp3) is 0.606. The molecule has 0 saturated carbocycles. The highest BCUT2D eigenvalue weighted by molar-refractivity contribution is 7.09. The molecule has 1 aromatic carbocycles. The predicted molar refractivity (Wildman–Crippen MR) is 169 cm³/mol. The zero-order valence-electron chi connectivity index (χ0n) is 26.9. The molecule has 1 heterocycles. The van der Waals surface area contributed by atoms with Crippen molar-refractivity contribution in [2.75, 3.05) is 13.7 Å². The number of nitrogens with one attached hydrogen (secondary N) is 1. The monoisotopic (exact) mass is 615 g/mol. The first-order valence-electron chi connectivity index (χ1n) is 15.3. The summed E-state index contributed by atoms with van der Waals surface area (Å²) in [6.45, 7) is 13.4. The molecule has 2 amide bonds. The second kappa shape index (κ2) is 17.8. The summed E-state index contributed by atoms with van der Waals surface area (Å²) < 4.78 is 10.9. The largest absolute Gasteiger partial charge is 0.466 e. The number of ether oxygens (including phenoxy) is 2. The van der Waals surface area contributed by atoms with Crippen LogP contribution in [0.2, 0.25) is 0 Å². The summed E-state index contributed by atoms with van der Waals surface area (Å²) in [4.78, 5) is 57.2. The Bertz CT molecular complexity index is 1180. The Kier molecular flexibility index (Phi) is 14.8. The summed E-state index contributed by atoms with van der Waals surface area (Å²) in [7, 11) is 1.80. The first kappa shape index (κ1) is 35.9. The standard InChI is InChI=1S/C33H49N3O6S/c1-9-22(5)16-30(38)36(8)28(21(3)4)19-29(42-24(7)37)32-35-27(20-43-32)31(39)34-26(17-23(6)33(40)41-10-2)18-25-14-12-11-13-15-25/h11-15,20-23,26,28-29H,9-10,16-19H2,1-8H3,(H,34,39)/t22-,23-,26+,28+,29+/m0/s1. The number of esters is 2. The van der Waals surface area contributed by atoms with E-state index < -0.39 is 18.0 Å². The van der Waals surface area contributed by atoms with Crippen molar-refractivity contribution in [1.29, 1.82) is 0 Å². The van der Waals surface area contributed by atoms with E-state index in [1.54, 1.807) is 31.2 Å². The summed E-state index contributed by atoms with van der Waals surface area (Å²) in [5.74, 6) is -1.11. The molecular weight excluding hydrogens is 566 g/mol. The molecular formula is C33H49N3O6S. The number of carbonyl (C=O) groups is 4. The van der Waals surface area contributed by atoms with E-state index in [9.17, 15) is 19.2 Å². The normalized spacial score (nSPS) is 14.7. The van der Waals surface area contributed by atoms with E-state index >= 15 is 0 Å². The molecule has 1 N–H and O–H groups in total. The number of benzene rings is 1. The number of nitrogens with zero attached hydrogens (tertiary/aromatic N) is 2. The highest BCUT2D eigenvalue weighted by atomic mass is 32.1.